The minimum absolute atomic E-state index is 0.0551. The first-order chi connectivity index (χ1) is 13.0. The molecule has 1 aromatic carbocycles. The maximum Gasteiger partial charge on any atom is 0.368 e. The molecular weight excluding hydrogens is 355 g/mol. The fourth-order valence-electron chi connectivity index (χ4n) is 3.09. The number of anilines is 1. The van der Waals surface area contributed by atoms with E-state index in [0.29, 0.717) is 37.6 Å². The second-order valence-electron chi connectivity index (χ2n) is 6.09. The molecule has 0 atom stereocenters. The van der Waals surface area contributed by atoms with Crippen LogP contribution in [0.3, 0.4) is 0 Å². The Morgan fingerprint density at radius 3 is 2.56 bits per heavy atom. The highest BCUT2D eigenvalue weighted by Gasteiger charge is 2.26. The lowest BCUT2D eigenvalue weighted by molar-refractivity contribution is -0.391. The van der Waals surface area contributed by atoms with Crippen LogP contribution in [-0.4, -0.2) is 56.5 Å². The molecule has 3 aromatic rings. The fraction of sp³-hybridized carbons (Fsp3) is 0.235. The maximum atomic E-state index is 13.8. The number of piperazine rings is 1. The Bertz CT molecular complexity index is 1030. The SMILES string of the molecule is O=C(c1ccccc1F)N1CCN(c2ccc3ncc([N+](=O)[O-])n3n2)CC1. The van der Waals surface area contributed by atoms with Crippen molar-refractivity contribution >= 4 is 23.2 Å². The van der Waals surface area contributed by atoms with E-state index >= 15 is 0 Å². The molecule has 1 saturated heterocycles. The molecule has 10 heteroatoms. The van der Waals surface area contributed by atoms with Crippen LogP contribution < -0.4 is 4.90 Å². The van der Waals surface area contributed by atoms with Gasteiger partial charge in [0.05, 0.1) is 5.56 Å². The van der Waals surface area contributed by atoms with E-state index in [1.165, 1.54) is 16.6 Å². The first kappa shape index (κ1) is 16.9. The van der Waals surface area contributed by atoms with E-state index in [0.717, 1.165) is 6.20 Å². The second kappa shape index (κ2) is 6.63. The highest BCUT2D eigenvalue weighted by atomic mass is 19.1. The van der Waals surface area contributed by atoms with E-state index in [-0.39, 0.29) is 17.3 Å². The van der Waals surface area contributed by atoms with Gasteiger partial charge in [0.1, 0.15) is 12.0 Å². The normalized spacial score (nSPS) is 14.6. The molecule has 0 N–H and O–H groups in total. The highest BCUT2D eigenvalue weighted by molar-refractivity contribution is 5.94. The molecule has 1 amide bonds. The van der Waals surface area contributed by atoms with E-state index in [1.54, 1.807) is 29.2 Å². The number of hydrogen-bond donors (Lipinski definition) is 0. The van der Waals surface area contributed by atoms with Crippen LogP contribution in [0.25, 0.3) is 5.65 Å². The molecule has 138 valence electrons. The van der Waals surface area contributed by atoms with Crippen LogP contribution in [-0.2, 0) is 0 Å². The van der Waals surface area contributed by atoms with Crippen LogP contribution in [0, 0.1) is 15.9 Å². The van der Waals surface area contributed by atoms with Crippen molar-refractivity contribution in [1.29, 1.82) is 0 Å². The van der Waals surface area contributed by atoms with Gasteiger partial charge in [-0.15, -0.1) is 0 Å². The monoisotopic (exact) mass is 370 g/mol. The van der Waals surface area contributed by atoms with Gasteiger partial charge in [-0.1, -0.05) is 21.7 Å². The Morgan fingerprint density at radius 2 is 1.85 bits per heavy atom. The summed E-state index contributed by atoms with van der Waals surface area (Å²) in [7, 11) is 0. The summed E-state index contributed by atoms with van der Waals surface area (Å²) in [4.78, 5) is 30.5. The van der Waals surface area contributed by atoms with Crippen LogP contribution in [0.15, 0.2) is 42.6 Å². The number of carbonyl (C=O) groups is 1. The molecule has 0 radical (unpaired) electrons. The number of fused-ring (bicyclic) bond motifs is 1. The van der Waals surface area contributed by atoms with Gasteiger partial charge >= 0.3 is 5.82 Å². The zero-order valence-electron chi connectivity index (χ0n) is 14.2. The van der Waals surface area contributed by atoms with E-state index in [4.69, 9.17) is 0 Å². The number of aromatic nitrogens is 3. The molecule has 0 bridgehead atoms. The first-order valence-electron chi connectivity index (χ1n) is 8.32. The van der Waals surface area contributed by atoms with E-state index in [9.17, 15) is 19.3 Å². The van der Waals surface area contributed by atoms with Crippen molar-refractivity contribution in [3.8, 4) is 0 Å². The topological polar surface area (TPSA) is 96.9 Å². The number of benzene rings is 1. The summed E-state index contributed by atoms with van der Waals surface area (Å²) in [5.41, 5.74) is 0.443. The van der Waals surface area contributed by atoms with Crippen molar-refractivity contribution < 1.29 is 14.1 Å². The highest BCUT2D eigenvalue weighted by Crippen LogP contribution is 2.19. The van der Waals surface area contributed by atoms with Crippen LogP contribution in [0.5, 0.6) is 0 Å². The summed E-state index contributed by atoms with van der Waals surface area (Å²) in [6, 6.07) is 9.30. The second-order valence-corrected chi connectivity index (χ2v) is 6.09. The predicted molar refractivity (Wildman–Crippen MR) is 94.2 cm³/mol. The summed E-state index contributed by atoms with van der Waals surface area (Å²) in [6.07, 6.45) is 1.16. The van der Waals surface area contributed by atoms with Gasteiger partial charge < -0.3 is 19.9 Å². The Balaban J connectivity index is 1.50. The third kappa shape index (κ3) is 3.05. The number of rotatable bonds is 3. The molecule has 1 aliphatic heterocycles. The molecule has 0 spiro atoms. The minimum atomic E-state index is -0.540. The lowest BCUT2D eigenvalue weighted by Crippen LogP contribution is -2.49. The summed E-state index contributed by atoms with van der Waals surface area (Å²) in [6.45, 7) is 1.78. The van der Waals surface area contributed by atoms with Crippen molar-refractivity contribution in [2.75, 3.05) is 31.1 Å². The Morgan fingerprint density at radius 1 is 1.11 bits per heavy atom. The third-order valence-corrected chi connectivity index (χ3v) is 4.51. The third-order valence-electron chi connectivity index (χ3n) is 4.51. The molecule has 0 unspecified atom stereocenters. The first-order valence-corrected chi connectivity index (χ1v) is 8.32. The van der Waals surface area contributed by atoms with Gasteiger partial charge in [-0.25, -0.2) is 9.37 Å². The van der Waals surface area contributed by atoms with Gasteiger partial charge in [0.15, 0.2) is 5.82 Å². The zero-order chi connectivity index (χ0) is 19.0. The van der Waals surface area contributed by atoms with E-state index in [1.807, 2.05) is 4.90 Å². The largest absolute Gasteiger partial charge is 0.368 e. The van der Waals surface area contributed by atoms with Gasteiger partial charge in [0.2, 0.25) is 5.65 Å². The van der Waals surface area contributed by atoms with Gasteiger partial charge in [0, 0.05) is 32.2 Å². The van der Waals surface area contributed by atoms with Crippen LogP contribution >= 0.6 is 0 Å². The summed E-state index contributed by atoms with van der Waals surface area (Å²) in [5, 5.41) is 15.4. The quantitative estimate of drug-likeness (QED) is 0.515. The lowest BCUT2D eigenvalue weighted by Gasteiger charge is -2.35. The number of carbonyl (C=O) groups excluding carboxylic acids is 1. The molecule has 0 aliphatic carbocycles. The molecule has 2 aromatic heterocycles. The van der Waals surface area contributed by atoms with E-state index < -0.39 is 10.7 Å². The van der Waals surface area contributed by atoms with Crippen molar-refractivity contribution in [3.05, 3.63) is 64.1 Å². The van der Waals surface area contributed by atoms with Gasteiger partial charge in [-0.05, 0) is 23.1 Å². The van der Waals surface area contributed by atoms with Crippen molar-refractivity contribution in [2.45, 2.75) is 0 Å². The zero-order valence-corrected chi connectivity index (χ0v) is 14.2. The van der Waals surface area contributed by atoms with Crippen LogP contribution in [0.4, 0.5) is 16.0 Å². The predicted octanol–water partition coefficient (Wildman–Crippen LogP) is 1.74. The Kier molecular flexibility index (Phi) is 4.15. The van der Waals surface area contributed by atoms with Gasteiger partial charge in [-0.2, -0.15) is 0 Å². The van der Waals surface area contributed by atoms with Gasteiger partial charge in [-0.3, -0.25) is 4.79 Å². The number of nitrogens with zero attached hydrogens (tertiary/aromatic N) is 6. The Hall–Kier alpha value is -3.56. The standard InChI is InChI=1S/C17H15FN6O3/c18-13-4-2-1-3-12(13)17(25)22-9-7-21(8-10-22)15-6-5-14-19-11-16(24(26)27)23(14)20-15/h1-6,11H,7-10H2. The number of halogens is 1. The minimum Gasteiger partial charge on any atom is -0.358 e. The number of nitro groups is 1. The molecule has 0 saturated carbocycles. The van der Waals surface area contributed by atoms with Crippen LogP contribution in [0.1, 0.15) is 10.4 Å². The number of hydrogen-bond acceptors (Lipinski definition) is 6. The Labute approximate surface area is 152 Å². The lowest BCUT2D eigenvalue weighted by atomic mass is 10.1. The van der Waals surface area contributed by atoms with Crippen molar-refractivity contribution in [1.82, 2.24) is 19.5 Å². The average Bonchev–Trinajstić information content (AvgIpc) is 3.11. The smallest absolute Gasteiger partial charge is 0.358 e. The summed E-state index contributed by atoms with van der Waals surface area (Å²) in [5.74, 6) is -0.535. The molecular formula is C17H15FN6O3. The molecule has 9 nitrogen and oxygen atoms in total. The fourth-order valence-corrected chi connectivity index (χ4v) is 3.09. The number of imidazole rings is 1. The molecule has 4 rings (SSSR count). The molecule has 1 fully saturated rings. The average molecular weight is 370 g/mol. The summed E-state index contributed by atoms with van der Waals surface area (Å²) < 4.78 is 15.0. The summed E-state index contributed by atoms with van der Waals surface area (Å²) >= 11 is 0. The van der Waals surface area contributed by atoms with Gasteiger partial charge in [0.25, 0.3) is 5.91 Å². The van der Waals surface area contributed by atoms with Crippen molar-refractivity contribution in [3.63, 3.8) is 0 Å². The molecule has 27 heavy (non-hydrogen) atoms. The number of amides is 1. The molecule has 3 heterocycles. The van der Waals surface area contributed by atoms with Crippen molar-refractivity contribution in [2.24, 2.45) is 0 Å². The maximum absolute atomic E-state index is 13.8. The molecule has 1 aliphatic rings. The van der Waals surface area contributed by atoms with E-state index in [2.05, 4.69) is 10.1 Å². The van der Waals surface area contributed by atoms with Crippen LogP contribution in [0.2, 0.25) is 0 Å².